The number of hydrogen-bond acceptors (Lipinski definition) is 10. The average molecular weight is 427 g/mol. The molecule has 1 N–H and O–H groups in total. The largest absolute Gasteiger partial charge is 1.00 e. The van der Waals surface area contributed by atoms with E-state index in [1.165, 1.54) is 6.08 Å². The van der Waals surface area contributed by atoms with E-state index < -0.39 is 19.4 Å². The summed E-state index contributed by atoms with van der Waals surface area (Å²) in [5.41, 5.74) is -0.575. The number of nitrogens with zero attached hydrogens (tertiary/aromatic N) is 4. The molecule has 2 heterocycles. The quantitative estimate of drug-likeness (QED) is 0.103. The molecule has 0 aromatic carbocycles. The molecule has 1 atom stereocenters. The first-order chi connectivity index (χ1) is 12.5. The van der Waals surface area contributed by atoms with Gasteiger partial charge in [0.2, 0.25) is 5.13 Å². The number of nitrogens with one attached hydrogen (secondary N) is 1. The summed E-state index contributed by atoms with van der Waals surface area (Å²) in [5, 5.41) is 17.5. The molecular weight excluding hydrogens is 408 g/mol. The van der Waals surface area contributed by atoms with E-state index in [2.05, 4.69) is 26.2 Å². The summed E-state index contributed by atoms with van der Waals surface area (Å²) in [5.74, 6) is -1.81. The molecular formula is C13H19N5NaO6PS. The molecule has 1 aliphatic rings. The summed E-state index contributed by atoms with van der Waals surface area (Å²) < 4.78 is 29.4. The number of carboxylic acid groups (broad SMARTS) is 1. The molecule has 1 unspecified atom stereocenters. The minimum atomic E-state index is -3.42. The number of morpholine rings is 1. The molecule has 11 nitrogen and oxygen atoms in total. The zero-order valence-electron chi connectivity index (χ0n) is 15.1. The molecule has 1 aromatic rings. The van der Waals surface area contributed by atoms with Gasteiger partial charge >= 0.3 is 37.2 Å². The normalized spacial score (nSPS) is 17.4. The summed E-state index contributed by atoms with van der Waals surface area (Å²) in [6.07, 6.45) is 1.40. The number of ether oxygens (including phenoxy) is 1. The Morgan fingerprint density at radius 2 is 2.26 bits per heavy atom. The van der Waals surface area contributed by atoms with E-state index >= 15 is 0 Å². The van der Waals surface area contributed by atoms with Crippen LogP contribution in [0.2, 0.25) is 0 Å². The molecule has 27 heavy (non-hydrogen) atoms. The van der Waals surface area contributed by atoms with Gasteiger partial charge in [-0.3, -0.25) is 5.09 Å². The first-order valence-electron chi connectivity index (χ1n) is 7.72. The zero-order valence-corrected chi connectivity index (χ0v) is 18.8. The summed E-state index contributed by atoms with van der Waals surface area (Å²) in [4.78, 5) is 20.0. The maximum atomic E-state index is 13.1. The van der Waals surface area contributed by atoms with Gasteiger partial charge in [0.25, 0.3) is 0 Å². The fourth-order valence-electron chi connectivity index (χ4n) is 1.99. The molecule has 1 saturated heterocycles. The molecule has 1 aliphatic heterocycles. The van der Waals surface area contributed by atoms with Crippen LogP contribution in [-0.2, 0) is 23.5 Å². The Kier molecular flexibility index (Phi) is 10.6. The minimum absolute atomic E-state index is 0. The second kappa shape index (κ2) is 11.9. The van der Waals surface area contributed by atoms with Gasteiger partial charge < -0.3 is 24.0 Å². The summed E-state index contributed by atoms with van der Waals surface area (Å²) >= 11 is 0.821. The molecule has 0 radical (unpaired) electrons. The Labute approximate surface area is 182 Å². The smallest absolute Gasteiger partial charge is 0.543 e. The van der Waals surface area contributed by atoms with Crippen molar-refractivity contribution in [3.05, 3.63) is 18.5 Å². The first-order valence-corrected chi connectivity index (χ1v) is 10.1. The Balaban J connectivity index is 0.00000364. The number of anilines is 1. The number of aromatic nitrogens is 2. The molecule has 0 amide bonds. The Bertz CT molecular complexity index is 711. The minimum Gasteiger partial charge on any atom is -0.543 e. The molecule has 0 aliphatic carbocycles. The predicted octanol–water partition coefficient (Wildman–Crippen LogP) is -2.91. The fraction of sp³-hybridized carbons (Fsp3) is 0.538. The van der Waals surface area contributed by atoms with Gasteiger partial charge in [-0.1, -0.05) is 17.8 Å². The van der Waals surface area contributed by atoms with Crippen molar-refractivity contribution < 1.29 is 58.1 Å². The second-order valence-electron chi connectivity index (χ2n) is 4.85. The number of rotatable bonds is 10. The fourth-order valence-corrected chi connectivity index (χ4v) is 4.62. The number of carboxylic acids is 1. The van der Waals surface area contributed by atoms with Crippen molar-refractivity contribution in [3.8, 4) is 0 Å². The monoisotopic (exact) mass is 427 g/mol. The van der Waals surface area contributed by atoms with Gasteiger partial charge in [-0.15, -0.1) is 0 Å². The van der Waals surface area contributed by atoms with Crippen molar-refractivity contribution in [1.29, 1.82) is 0 Å². The predicted molar refractivity (Wildman–Crippen MR) is 92.8 cm³/mol. The average Bonchev–Trinajstić information content (AvgIpc) is 3.07. The summed E-state index contributed by atoms with van der Waals surface area (Å²) in [6, 6.07) is 0. The van der Waals surface area contributed by atoms with Gasteiger partial charge in [-0.25, -0.2) is 9.24 Å². The van der Waals surface area contributed by atoms with Crippen LogP contribution in [-0.4, -0.2) is 65.2 Å². The molecule has 0 spiro atoms. The van der Waals surface area contributed by atoms with Crippen molar-refractivity contribution in [2.24, 2.45) is 5.16 Å². The van der Waals surface area contributed by atoms with Crippen molar-refractivity contribution in [2.45, 2.75) is 6.92 Å². The molecule has 14 heteroatoms. The molecule has 1 aromatic heterocycles. The van der Waals surface area contributed by atoms with Crippen LogP contribution in [0.5, 0.6) is 0 Å². The van der Waals surface area contributed by atoms with Crippen LogP contribution in [0, 0.1) is 0 Å². The SMILES string of the molecule is C=CCON=C(C(=O)[O-])c1nsc(NP(=O)(OCC)N2CCOCC2)n1.[Na+]. The van der Waals surface area contributed by atoms with E-state index in [1.807, 2.05) is 0 Å². The third kappa shape index (κ3) is 6.91. The number of hydrogen-bond donors (Lipinski definition) is 1. The van der Waals surface area contributed by atoms with Crippen molar-refractivity contribution in [2.75, 3.05) is 44.6 Å². The zero-order chi connectivity index (χ0) is 19.0. The van der Waals surface area contributed by atoms with Gasteiger partial charge in [-0.2, -0.15) is 9.36 Å². The van der Waals surface area contributed by atoms with Crippen LogP contribution in [0.3, 0.4) is 0 Å². The van der Waals surface area contributed by atoms with E-state index in [0.29, 0.717) is 26.3 Å². The van der Waals surface area contributed by atoms with Crippen LogP contribution in [0.4, 0.5) is 5.13 Å². The Morgan fingerprint density at radius 3 is 2.85 bits per heavy atom. The van der Waals surface area contributed by atoms with Crippen LogP contribution in [0.1, 0.15) is 12.7 Å². The van der Waals surface area contributed by atoms with E-state index in [1.54, 1.807) is 11.6 Å². The molecule has 1 fully saturated rings. The van der Waals surface area contributed by atoms with E-state index in [0.717, 1.165) is 11.5 Å². The topological polar surface area (TPSA) is 138 Å². The van der Waals surface area contributed by atoms with Crippen LogP contribution in [0.25, 0.3) is 0 Å². The number of carbonyl (C=O) groups excluding carboxylic acids is 1. The molecule has 0 saturated carbocycles. The molecule has 0 bridgehead atoms. The number of carbonyl (C=O) groups is 1. The Morgan fingerprint density at radius 1 is 1.56 bits per heavy atom. The van der Waals surface area contributed by atoms with Crippen LogP contribution >= 0.6 is 19.2 Å². The first kappa shape index (κ1) is 24.2. The van der Waals surface area contributed by atoms with Crippen LogP contribution < -0.4 is 39.8 Å². The standard InChI is InChI=1S/C13H20N5O6PS.Na/c1-3-7-23-15-10(12(19)20)11-14-13(26-17-11)16-25(21,24-4-2)18-5-8-22-9-6-18;/h3H,1,4-9H2,2H3,(H,19,20)(H,14,16,17,21);/q;+1/p-1. The molecule has 2 rings (SSSR count). The summed E-state index contributed by atoms with van der Waals surface area (Å²) in [7, 11) is -3.42. The maximum Gasteiger partial charge on any atom is 1.00 e. The van der Waals surface area contributed by atoms with Gasteiger partial charge in [0.05, 0.1) is 25.8 Å². The van der Waals surface area contributed by atoms with Crippen molar-refractivity contribution >= 4 is 36.0 Å². The third-order valence-electron chi connectivity index (χ3n) is 3.08. The van der Waals surface area contributed by atoms with E-state index in [4.69, 9.17) is 14.1 Å². The van der Waals surface area contributed by atoms with Crippen molar-refractivity contribution in [3.63, 3.8) is 0 Å². The van der Waals surface area contributed by atoms with Crippen molar-refractivity contribution in [1.82, 2.24) is 14.0 Å². The number of oxime groups is 1. The van der Waals surface area contributed by atoms with E-state index in [9.17, 15) is 14.5 Å². The van der Waals surface area contributed by atoms with Gasteiger partial charge in [0.15, 0.2) is 11.5 Å². The molecule has 144 valence electrons. The summed E-state index contributed by atoms with van der Waals surface area (Å²) in [6.45, 7) is 7.10. The number of aliphatic carboxylic acids is 1. The second-order valence-corrected chi connectivity index (χ2v) is 7.69. The Hall–Kier alpha value is -0.850. The van der Waals surface area contributed by atoms with Crippen LogP contribution in [0.15, 0.2) is 17.8 Å². The maximum absolute atomic E-state index is 13.1. The van der Waals surface area contributed by atoms with Gasteiger partial charge in [0, 0.05) is 24.6 Å². The van der Waals surface area contributed by atoms with Gasteiger partial charge in [0.1, 0.15) is 6.61 Å². The third-order valence-corrected chi connectivity index (χ3v) is 6.11. The van der Waals surface area contributed by atoms with Gasteiger partial charge in [-0.05, 0) is 6.92 Å². The van der Waals surface area contributed by atoms with E-state index in [-0.39, 0.29) is 53.7 Å².